The zero-order valence-corrected chi connectivity index (χ0v) is 17.7. The predicted octanol–water partition coefficient (Wildman–Crippen LogP) is 1.98. The molecule has 0 spiro atoms. The largest absolute Gasteiger partial charge is 0.454 e. The maximum Gasteiger partial charge on any atom is 0.329 e. The first-order valence-corrected chi connectivity index (χ1v) is 10.0. The average molecular weight is 437 g/mol. The van der Waals surface area contributed by atoms with Crippen molar-refractivity contribution >= 4 is 35.3 Å². The van der Waals surface area contributed by atoms with Crippen LogP contribution < -0.4 is 11.1 Å². The molecule has 0 fully saturated rings. The third kappa shape index (κ3) is 4.83. The van der Waals surface area contributed by atoms with Gasteiger partial charge in [0.1, 0.15) is 6.04 Å². The number of hydrogen-bond acceptors (Lipinski definition) is 6. The van der Waals surface area contributed by atoms with E-state index in [1.54, 1.807) is 12.1 Å². The molecule has 0 saturated heterocycles. The molecule has 9 heteroatoms. The second-order valence-electron chi connectivity index (χ2n) is 7.77. The lowest BCUT2D eigenvalue weighted by molar-refractivity contribution is -0.151. The van der Waals surface area contributed by atoms with Gasteiger partial charge in [0.05, 0.1) is 11.1 Å². The zero-order valence-electron chi connectivity index (χ0n) is 17.7. The van der Waals surface area contributed by atoms with E-state index in [-0.39, 0.29) is 29.0 Å². The van der Waals surface area contributed by atoms with E-state index in [1.165, 1.54) is 36.4 Å². The number of primary amides is 1. The molecule has 166 valence electrons. The van der Waals surface area contributed by atoms with Crippen LogP contribution >= 0.6 is 0 Å². The summed E-state index contributed by atoms with van der Waals surface area (Å²) in [6.45, 7) is 3.09. The fourth-order valence-corrected chi connectivity index (χ4v) is 3.39. The topological polar surface area (TPSA) is 136 Å². The van der Waals surface area contributed by atoms with Crippen molar-refractivity contribution in [2.45, 2.75) is 26.3 Å². The molecular formula is C23H23N3O6. The van der Waals surface area contributed by atoms with Gasteiger partial charge in [-0.05, 0) is 48.7 Å². The van der Waals surface area contributed by atoms with Crippen LogP contribution in [-0.2, 0) is 14.3 Å². The van der Waals surface area contributed by atoms with Gasteiger partial charge in [0.25, 0.3) is 17.7 Å². The molecule has 1 aliphatic rings. The van der Waals surface area contributed by atoms with Crippen LogP contribution in [0.3, 0.4) is 0 Å². The lowest BCUT2D eigenvalue weighted by Crippen LogP contribution is -2.46. The van der Waals surface area contributed by atoms with Gasteiger partial charge in [-0.25, -0.2) is 4.79 Å². The Bertz CT molecular complexity index is 1040. The summed E-state index contributed by atoms with van der Waals surface area (Å²) in [7, 11) is 0. The van der Waals surface area contributed by atoms with Crippen LogP contribution in [-0.4, -0.2) is 47.1 Å². The van der Waals surface area contributed by atoms with Gasteiger partial charge in [-0.3, -0.25) is 24.1 Å². The van der Waals surface area contributed by atoms with Crippen molar-refractivity contribution in [1.82, 2.24) is 4.90 Å². The SMILES string of the molecule is CC(C)C[C@H](C(=O)OCC(=O)Nc1ccc(C(N)=O)cc1)N1C(=O)c2ccccc2C1=O. The summed E-state index contributed by atoms with van der Waals surface area (Å²) in [5, 5.41) is 2.53. The number of nitrogens with two attached hydrogens (primary N) is 1. The molecule has 1 atom stereocenters. The Hall–Kier alpha value is -4.01. The van der Waals surface area contributed by atoms with Crippen molar-refractivity contribution in [3.63, 3.8) is 0 Å². The number of hydrogen-bond donors (Lipinski definition) is 2. The molecule has 32 heavy (non-hydrogen) atoms. The number of nitrogens with zero attached hydrogens (tertiary/aromatic N) is 1. The van der Waals surface area contributed by atoms with Gasteiger partial charge in [-0.1, -0.05) is 26.0 Å². The molecule has 0 saturated carbocycles. The fourth-order valence-electron chi connectivity index (χ4n) is 3.39. The lowest BCUT2D eigenvalue weighted by atomic mass is 10.0. The van der Waals surface area contributed by atoms with E-state index in [0.29, 0.717) is 5.69 Å². The van der Waals surface area contributed by atoms with Gasteiger partial charge in [-0.15, -0.1) is 0 Å². The average Bonchev–Trinajstić information content (AvgIpc) is 3.01. The summed E-state index contributed by atoms with van der Waals surface area (Å²) in [6, 6.07) is 11.1. The molecule has 3 N–H and O–H groups in total. The van der Waals surface area contributed by atoms with E-state index in [0.717, 1.165) is 4.90 Å². The third-order valence-corrected chi connectivity index (χ3v) is 4.90. The van der Waals surface area contributed by atoms with Gasteiger partial charge < -0.3 is 15.8 Å². The van der Waals surface area contributed by atoms with E-state index < -0.39 is 42.2 Å². The first kappa shape index (κ1) is 22.7. The van der Waals surface area contributed by atoms with Crippen LogP contribution in [0, 0.1) is 5.92 Å². The smallest absolute Gasteiger partial charge is 0.329 e. The van der Waals surface area contributed by atoms with E-state index in [1.807, 2.05) is 13.8 Å². The number of nitrogens with one attached hydrogen (secondary N) is 1. The molecule has 0 bridgehead atoms. The van der Waals surface area contributed by atoms with Crippen molar-refractivity contribution in [2.24, 2.45) is 11.7 Å². The molecule has 9 nitrogen and oxygen atoms in total. The molecule has 2 aromatic carbocycles. The van der Waals surface area contributed by atoms with Crippen molar-refractivity contribution in [1.29, 1.82) is 0 Å². The van der Waals surface area contributed by atoms with Gasteiger partial charge in [0.2, 0.25) is 5.91 Å². The minimum atomic E-state index is -1.15. The minimum Gasteiger partial charge on any atom is -0.454 e. The van der Waals surface area contributed by atoms with Crippen LogP contribution in [0.5, 0.6) is 0 Å². The number of esters is 1. The Morgan fingerprint density at radius 2 is 1.53 bits per heavy atom. The molecule has 0 aliphatic carbocycles. The van der Waals surface area contributed by atoms with E-state index in [4.69, 9.17) is 10.5 Å². The molecule has 1 heterocycles. The number of rotatable bonds is 8. The van der Waals surface area contributed by atoms with E-state index in [2.05, 4.69) is 5.32 Å². The maximum atomic E-state index is 12.8. The van der Waals surface area contributed by atoms with Gasteiger partial charge in [-0.2, -0.15) is 0 Å². The Morgan fingerprint density at radius 3 is 2.03 bits per heavy atom. The minimum absolute atomic E-state index is 0.0190. The summed E-state index contributed by atoms with van der Waals surface area (Å²) in [5.41, 5.74) is 6.31. The van der Waals surface area contributed by atoms with Crippen LogP contribution in [0.25, 0.3) is 0 Å². The number of amides is 4. The Kier molecular flexibility index (Phi) is 6.67. The third-order valence-electron chi connectivity index (χ3n) is 4.90. The molecule has 3 rings (SSSR count). The number of carbonyl (C=O) groups is 5. The first-order chi connectivity index (χ1) is 15.2. The Morgan fingerprint density at radius 1 is 0.969 bits per heavy atom. The summed E-state index contributed by atoms with van der Waals surface area (Å²) >= 11 is 0. The summed E-state index contributed by atoms with van der Waals surface area (Å²) in [5.74, 6) is -3.20. The molecule has 2 aromatic rings. The molecule has 4 amide bonds. The summed E-state index contributed by atoms with van der Waals surface area (Å²) in [4.78, 5) is 62.5. The van der Waals surface area contributed by atoms with Gasteiger partial charge in [0, 0.05) is 11.3 Å². The highest BCUT2D eigenvalue weighted by Gasteiger charge is 2.43. The second-order valence-corrected chi connectivity index (χ2v) is 7.77. The normalized spacial score (nSPS) is 13.7. The highest BCUT2D eigenvalue weighted by molar-refractivity contribution is 6.22. The maximum absolute atomic E-state index is 12.8. The van der Waals surface area contributed by atoms with Crippen molar-refractivity contribution in [3.05, 3.63) is 65.2 Å². The van der Waals surface area contributed by atoms with Crippen LogP contribution in [0.15, 0.2) is 48.5 Å². The zero-order chi connectivity index (χ0) is 23.4. The number of carbonyl (C=O) groups excluding carboxylic acids is 5. The van der Waals surface area contributed by atoms with Crippen LogP contribution in [0.1, 0.15) is 51.3 Å². The van der Waals surface area contributed by atoms with E-state index >= 15 is 0 Å². The molecule has 1 aliphatic heterocycles. The Balaban J connectivity index is 1.66. The standard InChI is InChI=1S/C23H23N3O6/c1-13(2)11-18(26-21(29)16-5-3-4-6-17(16)22(26)30)23(31)32-12-19(27)25-15-9-7-14(8-10-15)20(24)28/h3-10,13,18H,11-12H2,1-2H3,(H2,24,28)(H,25,27)/t18-/m1/s1. The van der Waals surface area contributed by atoms with Crippen molar-refractivity contribution in [3.8, 4) is 0 Å². The summed E-state index contributed by atoms with van der Waals surface area (Å²) < 4.78 is 5.14. The Labute approximate surface area is 184 Å². The molecule has 0 aromatic heterocycles. The quantitative estimate of drug-likeness (QED) is 0.479. The fraction of sp³-hybridized carbons (Fsp3) is 0.261. The molecule has 0 radical (unpaired) electrons. The summed E-state index contributed by atoms with van der Waals surface area (Å²) in [6.07, 6.45) is 0.195. The van der Waals surface area contributed by atoms with Crippen LogP contribution in [0.4, 0.5) is 5.69 Å². The lowest BCUT2D eigenvalue weighted by Gasteiger charge is -2.25. The van der Waals surface area contributed by atoms with E-state index in [9.17, 15) is 24.0 Å². The van der Waals surface area contributed by atoms with Crippen molar-refractivity contribution in [2.75, 3.05) is 11.9 Å². The van der Waals surface area contributed by atoms with Gasteiger partial charge >= 0.3 is 5.97 Å². The van der Waals surface area contributed by atoms with Gasteiger partial charge in [0.15, 0.2) is 6.61 Å². The molecule has 0 unspecified atom stereocenters. The first-order valence-electron chi connectivity index (χ1n) is 10.0. The van der Waals surface area contributed by atoms with Crippen LogP contribution in [0.2, 0.25) is 0 Å². The number of benzene rings is 2. The number of anilines is 1. The van der Waals surface area contributed by atoms with Crippen molar-refractivity contribution < 1.29 is 28.7 Å². The number of fused-ring (bicyclic) bond motifs is 1. The second kappa shape index (κ2) is 9.42. The predicted molar refractivity (Wildman–Crippen MR) is 115 cm³/mol. The highest BCUT2D eigenvalue weighted by atomic mass is 16.5. The molecular weight excluding hydrogens is 414 g/mol. The highest BCUT2D eigenvalue weighted by Crippen LogP contribution is 2.27. The number of imide groups is 1. The number of ether oxygens (including phenoxy) is 1. The monoisotopic (exact) mass is 437 g/mol.